The zero-order valence-corrected chi connectivity index (χ0v) is 12.6. The van der Waals surface area contributed by atoms with Gasteiger partial charge in [-0.05, 0) is 38.4 Å². The molecule has 20 heavy (non-hydrogen) atoms. The van der Waals surface area contributed by atoms with Crippen LogP contribution in [0, 0.1) is 0 Å². The number of likely N-dealkylation sites (N-methyl/N-ethyl adjacent to an activating group) is 1. The van der Waals surface area contributed by atoms with E-state index in [0.29, 0.717) is 13.1 Å². The van der Waals surface area contributed by atoms with E-state index in [-0.39, 0.29) is 18.1 Å². The van der Waals surface area contributed by atoms with Crippen molar-refractivity contribution >= 4 is 5.91 Å². The summed E-state index contributed by atoms with van der Waals surface area (Å²) in [6, 6.07) is 8.30. The van der Waals surface area contributed by atoms with Crippen LogP contribution in [0.1, 0.15) is 25.0 Å². The lowest BCUT2D eigenvalue weighted by Crippen LogP contribution is -2.50. The third-order valence-electron chi connectivity index (χ3n) is 4.28. The van der Waals surface area contributed by atoms with Gasteiger partial charge in [-0.2, -0.15) is 0 Å². The highest BCUT2D eigenvalue weighted by Gasteiger charge is 2.27. The van der Waals surface area contributed by atoms with Gasteiger partial charge in [-0.1, -0.05) is 24.3 Å². The summed E-state index contributed by atoms with van der Waals surface area (Å²) in [5.41, 5.74) is 2.22. The van der Waals surface area contributed by atoms with Gasteiger partial charge in [-0.25, -0.2) is 0 Å². The van der Waals surface area contributed by atoms with E-state index in [1.54, 1.807) is 0 Å². The number of fused-ring (bicyclic) bond motifs is 1. The van der Waals surface area contributed by atoms with Crippen molar-refractivity contribution < 1.29 is 9.90 Å². The zero-order valence-electron chi connectivity index (χ0n) is 12.6. The molecule has 0 unspecified atom stereocenters. The van der Waals surface area contributed by atoms with Gasteiger partial charge in [0.15, 0.2) is 0 Å². The molecule has 1 aromatic rings. The van der Waals surface area contributed by atoms with Crippen LogP contribution in [0.5, 0.6) is 0 Å². The molecule has 1 aliphatic rings. The summed E-state index contributed by atoms with van der Waals surface area (Å²) < 4.78 is 0. The van der Waals surface area contributed by atoms with E-state index in [1.165, 1.54) is 11.1 Å². The average Bonchev–Trinajstić information content (AvgIpc) is 2.46. The molecule has 0 aromatic heterocycles. The molecule has 4 heteroatoms. The SMILES string of the molecule is CN(CC(=O)N1CCc2ccccc2C1)C(C)(C)CO. The summed E-state index contributed by atoms with van der Waals surface area (Å²) >= 11 is 0. The second-order valence-electron chi connectivity index (χ2n) is 6.16. The van der Waals surface area contributed by atoms with E-state index in [9.17, 15) is 9.90 Å². The number of aliphatic hydroxyl groups excluding tert-OH is 1. The Balaban J connectivity index is 1.98. The predicted octanol–water partition coefficient (Wildman–Crippen LogP) is 1.27. The fraction of sp³-hybridized carbons (Fsp3) is 0.562. The fourth-order valence-electron chi connectivity index (χ4n) is 2.35. The predicted molar refractivity (Wildman–Crippen MR) is 79.4 cm³/mol. The van der Waals surface area contributed by atoms with E-state index in [2.05, 4.69) is 12.1 Å². The van der Waals surface area contributed by atoms with Crippen molar-refractivity contribution in [2.24, 2.45) is 0 Å². The molecule has 0 bridgehead atoms. The standard InChI is InChI=1S/C16H24N2O2/c1-16(2,12-19)17(3)11-15(20)18-9-8-13-6-4-5-7-14(13)10-18/h4-7,19H,8-12H2,1-3H3. The minimum Gasteiger partial charge on any atom is -0.394 e. The van der Waals surface area contributed by atoms with Crippen molar-refractivity contribution in [2.45, 2.75) is 32.4 Å². The molecule has 1 N–H and O–H groups in total. The number of rotatable bonds is 4. The first-order valence-corrected chi connectivity index (χ1v) is 7.11. The van der Waals surface area contributed by atoms with Gasteiger partial charge < -0.3 is 10.0 Å². The first-order chi connectivity index (χ1) is 9.44. The van der Waals surface area contributed by atoms with Gasteiger partial charge in [-0.15, -0.1) is 0 Å². The summed E-state index contributed by atoms with van der Waals surface area (Å²) in [5.74, 6) is 0.128. The Morgan fingerprint density at radius 2 is 2.00 bits per heavy atom. The molecule has 4 nitrogen and oxygen atoms in total. The van der Waals surface area contributed by atoms with Crippen LogP contribution in [0.25, 0.3) is 0 Å². The second-order valence-corrected chi connectivity index (χ2v) is 6.16. The first-order valence-electron chi connectivity index (χ1n) is 7.11. The lowest BCUT2D eigenvalue weighted by atomic mass is 9.99. The molecule has 0 atom stereocenters. The Kier molecular flexibility index (Phi) is 4.45. The van der Waals surface area contributed by atoms with Crippen molar-refractivity contribution in [3.8, 4) is 0 Å². The number of nitrogens with zero attached hydrogens (tertiary/aromatic N) is 2. The Morgan fingerprint density at radius 1 is 1.35 bits per heavy atom. The van der Waals surface area contributed by atoms with Gasteiger partial charge in [0.2, 0.25) is 5.91 Å². The minimum absolute atomic E-state index is 0.0413. The lowest BCUT2D eigenvalue weighted by molar-refractivity contribution is -0.134. The van der Waals surface area contributed by atoms with E-state index >= 15 is 0 Å². The third kappa shape index (κ3) is 3.19. The summed E-state index contributed by atoms with van der Waals surface area (Å²) in [6.07, 6.45) is 0.926. The van der Waals surface area contributed by atoms with Crippen LogP contribution in [0.3, 0.4) is 0 Å². The number of hydrogen-bond acceptors (Lipinski definition) is 3. The summed E-state index contributed by atoms with van der Waals surface area (Å²) in [7, 11) is 1.88. The Hall–Kier alpha value is -1.39. The lowest BCUT2D eigenvalue weighted by Gasteiger charge is -2.36. The highest BCUT2D eigenvalue weighted by molar-refractivity contribution is 5.78. The molecule has 0 aliphatic carbocycles. The Bertz CT molecular complexity index is 485. The number of amides is 1. The van der Waals surface area contributed by atoms with Gasteiger partial charge in [0.25, 0.3) is 0 Å². The molecule has 0 saturated carbocycles. The van der Waals surface area contributed by atoms with E-state index in [4.69, 9.17) is 0 Å². The smallest absolute Gasteiger partial charge is 0.237 e. The Labute approximate surface area is 121 Å². The van der Waals surface area contributed by atoms with Crippen LogP contribution in [0.15, 0.2) is 24.3 Å². The molecule has 0 radical (unpaired) electrons. The van der Waals surface area contributed by atoms with Crippen molar-refractivity contribution in [3.05, 3.63) is 35.4 Å². The molecule has 1 aromatic carbocycles. The van der Waals surface area contributed by atoms with E-state index in [1.807, 2.05) is 42.8 Å². The maximum absolute atomic E-state index is 12.4. The van der Waals surface area contributed by atoms with Gasteiger partial charge in [-0.3, -0.25) is 9.69 Å². The van der Waals surface area contributed by atoms with Gasteiger partial charge >= 0.3 is 0 Å². The minimum atomic E-state index is -0.372. The number of carbonyl (C=O) groups excluding carboxylic acids is 1. The molecule has 1 heterocycles. The summed E-state index contributed by atoms with van der Waals surface area (Å²) in [6.45, 7) is 5.73. The quantitative estimate of drug-likeness (QED) is 0.901. The van der Waals surface area contributed by atoms with E-state index < -0.39 is 0 Å². The molecular weight excluding hydrogens is 252 g/mol. The van der Waals surface area contributed by atoms with Crippen LogP contribution in [0.2, 0.25) is 0 Å². The van der Waals surface area contributed by atoms with Gasteiger partial charge in [0, 0.05) is 18.6 Å². The molecule has 110 valence electrons. The Morgan fingerprint density at radius 3 is 2.65 bits per heavy atom. The normalized spacial score (nSPS) is 15.3. The number of aliphatic hydroxyl groups is 1. The summed E-state index contributed by atoms with van der Waals surface area (Å²) in [5, 5.41) is 9.35. The molecule has 0 spiro atoms. The van der Waals surface area contributed by atoms with Gasteiger partial charge in [0.1, 0.15) is 0 Å². The van der Waals surface area contributed by atoms with E-state index in [0.717, 1.165) is 13.0 Å². The van der Waals surface area contributed by atoms with Gasteiger partial charge in [0.05, 0.1) is 13.2 Å². The molecular formula is C16H24N2O2. The van der Waals surface area contributed by atoms with Crippen molar-refractivity contribution in [1.29, 1.82) is 0 Å². The van der Waals surface area contributed by atoms with Crippen LogP contribution < -0.4 is 0 Å². The van der Waals surface area contributed by atoms with Crippen molar-refractivity contribution in [1.82, 2.24) is 9.80 Å². The number of benzene rings is 1. The van der Waals surface area contributed by atoms with Crippen molar-refractivity contribution in [3.63, 3.8) is 0 Å². The summed E-state index contributed by atoms with van der Waals surface area (Å²) in [4.78, 5) is 16.2. The molecule has 1 aliphatic heterocycles. The van der Waals surface area contributed by atoms with Crippen LogP contribution in [0.4, 0.5) is 0 Å². The number of carbonyl (C=O) groups is 1. The highest BCUT2D eigenvalue weighted by atomic mass is 16.3. The molecule has 0 fully saturated rings. The van der Waals surface area contributed by atoms with Crippen LogP contribution >= 0.6 is 0 Å². The maximum Gasteiger partial charge on any atom is 0.237 e. The molecule has 1 amide bonds. The number of hydrogen-bond donors (Lipinski definition) is 1. The monoisotopic (exact) mass is 276 g/mol. The van der Waals surface area contributed by atoms with Crippen LogP contribution in [-0.4, -0.2) is 53.1 Å². The topological polar surface area (TPSA) is 43.8 Å². The molecule has 0 saturated heterocycles. The second kappa shape index (κ2) is 5.94. The maximum atomic E-state index is 12.4. The highest BCUT2D eigenvalue weighted by Crippen LogP contribution is 2.19. The third-order valence-corrected chi connectivity index (χ3v) is 4.28. The van der Waals surface area contributed by atoms with Crippen molar-refractivity contribution in [2.75, 3.05) is 26.7 Å². The average molecular weight is 276 g/mol. The first kappa shape index (κ1) is 15.0. The fourth-order valence-corrected chi connectivity index (χ4v) is 2.35. The van der Waals surface area contributed by atoms with Crippen LogP contribution in [-0.2, 0) is 17.8 Å². The zero-order chi connectivity index (χ0) is 14.8. The molecule has 2 rings (SSSR count). The largest absolute Gasteiger partial charge is 0.394 e.